The molecule has 2 atom stereocenters. The van der Waals surface area contributed by atoms with Gasteiger partial charge in [-0.2, -0.15) is 0 Å². The number of morpholine rings is 1. The molecular weight excluding hydrogens is 377 g/mol. The summed E-state index contributed by atoms with van der Waals surface area (Å²) in [5.41, 5.74) is 0.557. The van der Waals surface area contributed by atoms with E-state index < -0.39 is 0 Å². The number of rotatable bonds is 2. The summed E-state index contributed by atoms with van der Waals surface area (Å²) < 4.78 is 19.5. The lowest BCUT2D eigenvalue weighted by Gasteiger charge is -2.60. The molecule has 1 saturated carbocycles. The third kappa shape index (κ3) is 3.33. The number of nitrogens with one attached hydrogen (secondary N) is 1. The van der Waals surface area contributed by atoms with Crippen LogP contribution < -0.4 is 5.32 Å². The number of ether oxygens (including phenoxy) is 1. The van der Waals surface area contributed by atoms with Crippen LogP contribution in [0, 0.1) is 17.2 Å². The van der Waals surface area contributed by atoms with Crippen molar-refractivity contribution < 1.29 is 23.8 Å². The summed E-state index contributed by atoms with van der Waals surface area (Å²) in [5, 5.41) is 12.8. The largest absolute Gasteiger partial charge is 0.508 e. The maximum Gasteiger partial charge on any atom is 0.320 e. The van der Waals surface area contributed by atoms with E-state index in [4.69, 9.17) is 4.74 Å². The van der Waals surface area contributed by atoms with Crippen LogP contribution in [0.15, 0.2) is 18.2 Å². The highest BCUT2D eigenvalue weighted by Crippen LogP contribution is 2.53. The molecule has 4 aliphatic rings. The minimum atomic E-state index is -0.349. The molecule has 2 N–H and O–H groups in total. The van der Waals surface area contributed by atoms with E-state index in [1.807, 2.05) is 9.80 Å². The van der Waals surface area contributed by atoms with Crippen LogP contribution in [0.1, 0.15) is 24.8 Å². The number of halogens is 1. The van der Waals surface area contributed by atoms with Gasteiger partial charge in [0.2, 0.25) is 5.91 Å². The van der Waals surface area contributed by atoms with Gasteiger partial charge in [-0.05, 0) is 43.7 Å². The Morgan fingerprint density at radius 3 is 2.86 bits per heavy atom. The van der Waals surface area contributed by atoms with Crippen LogP contribution in [0.2, 0.25) is 0 Å². The lowest BCUT2D eigenvalue weighted by atomic mass is 9.56. The standard InChI is InChI=1S/C21H26FN3O4/c22-15-2-1-3-17(26)14(15)6-13-7-21(8-13)11-25(12-21)20(28)24-5-4-18-16(9-24)23-19(27)10-29-18/h1-3,13,16,18,26H,4-12H2,(H,23,27)/t16-,18+/m1/s1. The smallest absolute Gasteiger partial charge is 0.320 e. The first kappa shape index (κ1) is 18.7. The molecule has 3 amide bonds. The average molecular weight is 403 g/mol. The molecule has 1 aliphatic carbocycles. The third-order valence-electron chi connectivity index (χ3n) is 6.95. The van der Waals surface area contributed by atoms with Crippen LogP contribution >= 0.6 is 0 Å². The number of nitrogens with zero attached hydrogens (tertiary/aromatic N) is 2. The van der Waals surface area contributed by atoms with Crippen molar-refractivity contribution in [3.8, 4) is 5.75 Å². The highest BCUT2D eigenvalue weighted by atomic mass is 19.1. The summed E-state index contributed by atoms with van der Waals surface area (Å²) in [4.78, 5) is 28.1. The monoisotopic (exact) mass is 403 g/mol. The summed E-state index contributed by atoms with van der Waals surface area (Å²) >= 11 is 0. The first-order chi connectivity index (χ1) is 13.9. The first-order valence-corrected chi connectivity index (χ1v) is 10.3. The van der Waals surface area contributed by atoms with E-state index >= 15 is 0 Å². The lowest BCUT2D eigenvalue weighted by Crippen LogP contribution is -2.68. The number of urea groups is 1. The average Bonchev–Trinajstić information content (AvgIpc) is 2.63. The molecule has 156 valence electrons. The first-order valence-electron chi connectivity index (χ1n) is 10.3. The van der Waals surface area contributed by atoms with Gasteiger partial charge in [-0.25, -0.2) is 9.18 Å². The van der Waals surface area contributed by atoms with E-state index in [1.54, 1.807) is 0 Å². The maximum atomic E-state index is 13.9. The molecule has 7 nitrogen and oxygen atoms in total. The Labute approximate surface area is 168 Å². The number of hydrogen-bond acceptors (Lipinski definition) is 4. The fourth-order valence-corrected chi connectivity index (χ4v) is 5.58. The zero-order valence-electron chi connectivity index (χ0n) is 16.3. The van der Waals surface area contributed by atoms with Crippen molar-refractivity contribution in [3.05, 3.63) is 29.6 Å². The highest BCUT2D eigenvalue weighted by molar-refractivity contribution is 5.79. The van der Waals surface area contributed by atoms with Crippen LogP contribution in [0.5, 0.6) is 5.75 Å². The van der Waals surface area contributed by atoms with Gasteiger partial charge in [0.05, 0.1) is 12.1 Å². The molecule has 4 fully saturated rings. The Hall–Kier alpha value is -2.35. The Bertz CT molecular complexity index is 813. The predicted molar refractivity (Wildman–Crippen MR) is 102 cm³/mol. The van der Waals surface area contributed by atoms with Gasteiger partial charge >= 0.3 is 6.03 Å². The van der Waals surface area contributed by atoms with Crippen molar-refractivity contribution in [2.24, 2.45) is 11.3 Å². The predicted octanol–water partition coefficient (Wildman–Crippen LogP) is 1.50. The van der Waals surface area contributed by atoms with Crippen LogP contribution in [-0.4, -0.2) is 71.8 Å². The van der Waals surface area contributed by atoms with Crippen molar-refractivity contribution in [2.45, 2.75) is 37.8 Å². The molecule has 1 spiro atoms. The molecule has 3 aliphatic heterocycles. The third-order valence-corrected chi connectivity index (χ3v) is 6.95. The van der Waals surface area contributed by atoms with Crippen LogP contribution in [-0.2, 0) is 16.0 Å². The number of benzene rings is 1. The molecule has 1 aromatic rings. The van der Waals surface area contributed by atoms with Crippen molar-refractivity contribution in [2.75, 3.05) is 32.8 Å². The number of phenols is 1. The SMILES string of the molecule is O=C1CO[C@H]2CCN(C(=O)N3CC4(CC(Cc5c(O)cccc5F)C4)C3)C[C@H]2N1. The second-order valence-corrected chi connectivity index (χ2v) is 9.11. The van der Waals surface area contributed by atoms with E-state index in [-0.39, 0.29) is 47.7 Å². The van der Waals surface area contributed by atoms with Crippen molar-refractivity contribution >= 4 is 11.9 Å². The molecule has 0 bridgehead atoms. The summed E-state index contributed by atoms with van der Waals surface area (Å²) in [6.45, 7) is 2.72. The van der Waals surface area contributed by atoms with Crippen molar-refractivity contribution in [1.82, 2.24) is 15.1 Å². The van der Waals surface area contributed by atoms with E-state index in [2.05, 4.69) is 5.32 Å². The quantitative estimate of drug-likeness (QED) is 0.784. The second kappa shape index (κ2) is 6.86. The lowest BCUT2D eigenvalue weighted by molar-refractivity contribution is -0.140. The van der Waals surface area contributed by atoms with E-state index in [0.717, 1.165) is 32.4 Å². The molecular formula is C21H26FN3O4. The van der Waals surface area contributed by atoms with Crippen molar-refractivity contribution in [3.63, 3.8) is 0 Å². The minimum absolute atomic E-state index is 0.00155. The summed E-state index contributed by atoms with van der Waals surface area (Å²) in [6, 6.07) is 4.34. The van der Waals surface area contributed by atoms with Gasteiger partial charge in [0.15, 0.2) is 0 Å². The number of carbonyl (C=O) groups is 2. The Morgan fingerprint density at radius 2 is 2.10 bits per heavy atom. The molecule has 3 saturated heterocycles. The van der Waals surface area contributed by atoms with Gasteiger partial charge in [0, 0.05) is 37.2 Å². The molecule has 8 heteroatoms. The van der Waals surface area contributed by atoms with Crippen LogP contribution in [0.4, 0.5) is 9.18 Å². The Balaban J connectivity index is 1.11. The van der Waals surface area contributed by atoms with Crippen LogP contribution in [0.3, 0.4) is 0 Å². The molecule has 1 aromatic carbocycles. The number of likely N-dealkylation sites (tertiary alicyclic amines) is 2. The topological polar surface area (TPSA) is 82.1 Å². The number of hydrogen-bond donors (Lipinski definition) is 2. The zero-order valence-corrected chi connectivity index (χ0v) is 16.3. The van der Waals surface area contributed by atoms with Gasteiger partial charge in [0.25, 0.3) is 0 Å². The van der Waals surface area contributed by atoms with Gasteiger partial charge in [0.1, 0.15) is 18.2 Å². The van der Waals surface area contributed by atoms with Gasteiger partial charge < -0.3 is 25.0 Å². The fraction of sp³-hybridized carbons (Fsp3) is 0.619. The molecule has 0 radical (unpaired) electrons. The van der Waals surface area contributed by atoms with Gasteiger partial charge in [-0.1, -0.05) is 6.07 Å². The summed E-state index contributed by atoms with van der Waals surface area (Å²) in [5.74, 6) is -0.0950. The fourth-order valence-electron chi connectivity index (χ4n) is 5.58. The molecule has 3 heterocycles. The minimum Gasteiger partial charge on any atom is -0.508 e. The number of phenolic OH excluding ortho intramolecular Hbond substituents is 1. The highest BCUT2D eigenvalue weighted by Gasteiger charge is 2.54. The number of fused-ring (bicyclic) bond motifs is 1. The Kier molecular flexibility index (Phi) is 4.42. The second-order valence-electron chi connectivity index (χ2n) is 9.11. The maximum absolute atomic E-state index is 13.9. The van der Waals surface area contributed by atoms with E-state index in [0.29, 0.717) is 31.0 Å². The van der Waals surface area contributed by atoms with E-state index in [9.17, 15) is 19.1 Å². The number of piperidine rings is 1. The normalized spacial score (nSPS) is 28.4. The number of carbonyl (C=O) groups excluding carboxylic acids is 2. The number of aromatic hydroxyl groups is 1. The number of amides is 3. The molecule has 0 unspecified atom stereocenters. The summed E-state index contributed by atoms with van der Waals surface area (Å²) in [7, 11) is 0. The van der Waals surface area contributed by atoms with Gasteiger partial charge in [-0.15, -0.1) is 0 Å². The van der Waals surface area contributed by atoms with Crippen LogP contribution in [0.25, 0.3) is 0 Å². The molecule has 0 aromatic heterocycles. The summed E-state index contributed by atoms with van der Waals surface area (Å²) in [6.07, 6.45) is 3.20. The van der Waals surface area contributed by atoms with Gasteiger partial charge in [-0.3, -0.25) is 4.79 Å². The molecule has 29 heavy (non-hydrogen) atoms. The van der Waals surface area contributed by atoms with E-state index in [1.165, 1.54) is 18.2 Å². The van der Waals surface area contributed by atoms with Crippen molar-refractivity contribution in [1.29, 1.82) is 0 Å². The zero-order chi connectivity index (χ0) is 20.2. The molecule has 5 rings (SSSR count). The Morgan fingerprint density at radius 1 is 1.31 bits per heavy atom.